The Bertz CT molecular complexity index is 1780. The van der Waals surface area contributed by atoms with E-state index in [0.29, 0.717) is 40.6 Å². The summed E-state index contributed by atoms with van der Waals surface area (Å²) in [7, 11) is 0. The average Bonchev–Trinajstić information content (AvgIpc) is 3.80. The highest BCUT2D eigenvalue weighted by Gasteiger charge is 2.13. The molecule has 3 aromatic carbocycles. The van der Waals surface area contributed by atoms with E-state index in [1.54, 1.807) is 48.9 Å². The second-order valence-corrected chi connectivity index (χ2v) is 11.5. The first-order valence-corrected chi connectivity index (χ1v) is 15.0. The molecule has 0 amide bonds. The minimum Gasteiger partial charge on any atom is -0.441 e. The molecule has 0 spiro atoms. The molecule has 0 aliphatic carbocycles. The van der Waals surface area contributed by atoms with Gasteiger partial charge in [0.15, 0.2) is 0 Å². The summed E-state index contributed by atoms with van der Waals surface area (Å²) in [4.78, 5) is 12.4. The largest absolute Gasteiger partial charge is 0.441 e. The minimum absolute atomic E-state index is 0.262. The Balaban J connectivity index is 0.000000154. The molecule has 8 heteroatoms. The third kappa shape index (κ3) is 9.08. The number of halogens is 2. The molecule has 6 nitrogen and oxygen atoms in total. The van der Waals surface area contributed by atoms with Gasteiger partial charge < -0.3 is 13.3 Å². The van der Waals surface area contributed by atoms with E-state index in [9.17, 15) is 8.78 Å². The van der Waals surface area contributed by atoms with Crippen molar-refractivity contribution in [2.45, 2.75) is 66.2 Å². The van der Waals surface area contributed by atoms with Crippen LogP contribution in [0.25, 0.3) is 34.4 Å². The van der Waals surface area contributed by atoms with Gasteiger partial charge in [0.25, 0.3) is 0 Å². The van der Waals surface area contributed by atoms with Crippen molar-refractivity contribution in [1.82, 2.24) is 15.0 Å². The van der Waals surface area contributed by atoms with E-state index in [4.69, 9.17) is 13.3 Å². The molecular weight excluding hydrogens is 572 g/mol. The molecule has 0 radical (unpaired) electrons. The van der Waals surface area contributed by atoms with Crippen LogP contribution in [0.2, 0.25) is 0 Å². The number of benzene rings is 3. The highest BCUT2D eigenvalue weighted by molar-refractivity contribution is 5.55. The molecule has 0 aliphatic heterocycles. The van der Waals surface area contributed by atoms with Crippen molar-refractivity contribution in [3.05, 3.63) is 126 Å². The Morgan fingerprint density at radius 1 is 0.533 bits per heavy atom. The van der Waals surface area contributed by atoms with Crippen LogP contribution in [0.15, 0.2) is 105 Å². The quantitative estimate of drug-likeness (QED) is 0.186. The van der Waals surface area contributed by atoms with E-state index in [1.807, 2.05) is 39.8 Å². The lowest BCUT2D eigenvalue weighted by Gasteiger charge is -1.98. The standard InChI is InChI=1S/C13H15NO.2C12H12FNO/c1-9(2)12-8-14-13(15-12)11-6-4-10(3)5-7-11;1-8(2)11-7-14-12(15-11)9-4-3-5-10(13)6-9;1-8(2)11-7-14-12(15-11)9-5-3-4-6-10(9)13/h4-9H,1-3H3;2*3-8H,1-2H3. The van der Waals surface area contributed by atoms with Gasteiger partial charge in [-0.3, -0.25) is 0 Å². The van der Waals surface area contributed by atoms with Gasteiger partial charge in [-0.25, -0.2) is 23.7 Å². The normalized spacial score (nSPS) is 10.9. The fourth-order valence-corrected chi connectivity index (χ4v) is 4.00. The minimum atomic E-state index is -0.311. The van der Waals surface area contributed by atoms with Crippen molar-refractivity contribution in [2.75, 3.05) is 0 Å². The molecule has 3 heterocycles. The first kappa shape index (κ1) is 33.1. The molecular formula is C37H39F2N3O3. The second-order valence-electron chi connectivity index (χ2n) is 11.5. The predicted octanol–water partition coefficient (Wildman–Crippen LogP) is 11.0. The van der Waals surface area contributed by atoms with E-state index in [-0.39, 0.29) is 17.6 Å². The molecule has 0 fully saturated rings. The molecule has 0 atom stereocenters. The molecule has 0 unspecified atom stereocenters. The molecule has 6 rings (SSSR count). The molecule has 0 saturated heterocycles. The summed E-state index contributed by atoms with van der Waals surface area (Å²) >= 11 is 0. The van der Waals surface area contributed by atoms with Crippen LogP contribution in [0.4, 0.5) is 8.78 Å². The summed E-state index contributed by atoms with van der Waals surface area (Å²) in [6, 6.07) is 20.9. The molecule has 6 aromatic rings. The van der Waals surface area contributed by atoms with Gasteiger partial charge in [0, 0.05) is 28.9 Å². The zero-order valence-corrected chi connectivity index (χ0v) is 26.7. The average molecular weight is 612 g/mol. The van der Waals surface area contributed by atoms with Gasteiger partial charge >= 0.3 is 0 Å². The van der Waals surface area contributed by atoms with Gasteiger partial charge in [-0.15, -0.1) is 0 Å². The SMILES string of the molecule is CC(C)c1cnc(-c2cccc(F)c2)o1.CC(C)c1cnc(-c2ccccc2F)o1.Cc1ccc(-c2ncc(C(C)C)o2)cc1. The van der Waals surface area contributed by atoms with Crippen LogP contribution in [0.1, 0.15) is 82.1 Å². The number of oxazole rings is 3. The Kier molecular flexibility index (Phi) is 11.2. The van der Waals surface area contributed by atoms with Gasteiger partial charge in [-0.05, 0) is 49.4 Å². The van der Waals surface area contributed by atoms with Crippen molar-refractivity contribution in [3.8, 4) is 34.4 Å². The predicted molar refractivity (Wildman–Crippen MR) is 173 cm³/mol. The van der Waals surface area contributed by atoms with Crippen LogP contribution in [0, 0.1) is 18.6 Å². The summed E-state index contributed by atoms with van der Waals surface area (Å²) < 4.78 is 43.0. The number of aromatic nitrogens is 3. The Hall–Kier alpha value is -4.85. The molecule has 45 heavy (non-hydrogen) atoms. The smallest absolute Gasteiger partial charge is 0.229 e. The third-order valence-electron chi connectivity index (χ3n) is 6.75. The Morgan fingerprint density at radius 2 is 1.02 bits per heavy atom. The van der Waals surface area contributed by atoms with Crippen LogP contribution in [0.5, 0.6) is 0 Å². The monoisotopic (exact) mass is 611 g/mol. The van der Waals surface area contributed by atoms with E-state index in [2.05, 4.69) is 47.9 Å². The van der Waals surface area contributed by atoms with Crippen molar-refractivity contribution >= 4 is 0 Å². The third-order valence-corrected chi connectivity index (χ3v) is 6.75. The number of aryl methyl sites for hydroxylation is 1. The number of hydrogen-bond acceptors (Lipinski definition) is 6. The van der Waals surface area contributed by atoms with Crippen LogP contribution >= 0.6 is 0 Å². The van der Waals surface area contributed by atoms with Gasteiger partial charge in [0.1, 0.15) is 28.9 Å². The van der Waals surface area contributed by atoms with Crippen LogP contribution in [-0.4, -0.2) is 15.0 Å². The van der Waals surface area contributed by atoms with Crippen molar-refractivity contribution in [1.29, 1.82) is 0 Å². The maximum atomic E-state index is 13.4. The summed E-state index contributed by atoms with van der Waals surface area (Å²) in [6.07, 6.45) is 5.14. The van der Waals surface area contributed by atoms with E-state index in [0.717, 1.165) is 22.8 Å². The fraction of sp³-hybridized carbons (Fsp3) is 0.270. The van der Waals surface area contributed by atoms with Crippen molar-refractivity contribution < 1.29 is 22.0 Å². The van der Waals surface area contributed by atoms with E-state index in [1.165, 1.54) is 23.8 Å². The van der Waals surface area contributed by atoms with Gasteiger partial charge in [-0.2, -0.15) is 0 Å². The first-order chi connectivity index (χ1) is 21.5. The molecule has 0 aliphatic rings. The second kappa shape index (κ2) is 15.2. The number of hydrogen-bond donors (Lipinski definition) is 0. The zero-order chi connectivity index (χ0) is 32.5. The number of rotatable bonds is 6. The Morgan fingerprint density at radius 3 is 1.51 bits per heavy atom. The molecule has 0 saturated carbocycles. The highest BCUT2D eigenvalue weighted by Crippen LogP contribution is 2.26. The van der Waals surface area contributed by atoms with Gasteiger partial charge in [0.05, 0.1) is 24.2 Å². The lowest BCUT2D eigenvalue weighted by atomic mass is 10.1. The lowest BCUT2D eigenvalue weighted by Crippen LogP contribution is -1.83. The van der Waals surface area contributed by atoms with E-state index >= 15 is 0 Å². The van der Waals surface area contributed by atoms with Crippen molar-refractivity contribution in [3.63, 3.8) is 0 Å². The molecule has 0 bridgehead atoms. The fourth-order valence-electron chi connectivity index (χ4n) is 4.00. The van der Waals surface area contributed by atoms with Gasteiger partial charge in [-0.1, -0.05) is 77.4 Å². The van der Waals surface area contributed by atoms with Crippen LogP contribution in [0.3, 0.4) is 0 Å². The summed E-state index contributed by atoms with van der Waals surface area (Å²) in [5, 5.41) is 0. The Labute approximate surface area is 263 Å². The first-order valence-electron chi connectivity index (χ1n) is 15.0. The molecule has 234 valence electrons. The molecule has 0 N–H and O–H groups in total. The summed E-state index contributed by atoms with van der Waals surface area (Å²) in [5.41, 5.74) is 3.35. The maximum absolute atomic E-state index is 13.4. The molecule has 3 aromatic heterocycles. The number of nitrogens with zero attached hydrogens (tertiary/aromatic N) is 3. The maximum Gasteiger partial charge on any atom is 0.229 e. The summed E-state index contributed by atoms with van der Waals surface area (Å²) in [5.74, 6) is 4.39. The topological polar surface area (TPSA) is 78.1 Å². The highest BCUT2D eigenvalue weighted by atomic mass is 19.1. The van der Waals surface area contributed by atoms with Crippen molar-refractivity contribution in [2.24, 2.45) is 0 Å². The van der Waals surface area contributed by atoms with Crippen LogP contribution < -0.4 is 0 Å². The van der Waals surface area contributed by atoms with E-state index < -0.39 is 0 Å². The lowest BCUT2D eigenvalue weighted by molar-refractivity contribution is 0.491. The van der Waals surface area contributed by atoms with Crippen LogP contribution in [-0.2, 0) is 0 Å². The van der Waals surface area contributed by atoms with Gasteiger partial charge in [0.2, 0.25) is 17.7 Å². The zero-order valence-electron chi connectivity index (χ0n) is 26.7. The summed E-state index contributed by atoms with van der Waals surface area (Å²) in [6.45, 7) is 14.3.